The maximum Gasteiger partial charge on any atom is 0.337 e. The molecule has 1 aromatic carbocycles. The van der Waals surface area contributed by atoms with Crippen LogP contribution in [-0.2, 0) is 11.5 Å². The van der Waals surface area contributed by atoms with Crippen molar-refractivity contribution in [3.8, 4) is 0 Å². The Balaban J connectivity index is 2.69. The molecular formula is C11H11NO3. The number of ether oxygens (including phenoxy) is 1. The number of hydrogen-bond acceptors (Lipinski definition) is 2. The summed E-state index contributed by atoms with van der Waals surface area (Å²) in [4.78, 5) is 11.0. The second-order valence-corrected chi connectivity index (χ2v) is 3.25. The topological polar surface area (TPSA) is 51.5 Å². The summed E-state index contributed by atoms with van der Waals surface area (Å²) >= 11 is 0. The predicted molar refractivity (Wildman–Crippen MR) is 55.9 cm³/mol. The summed E-state index contributed by atoms with van der Waals surface area (Å²) in [5.41, 5.74) is 1.00. The molecule has 0 aliphatic heterocycles. The molecule has 0 aliphatic rings. The van der Waals surface area contributed by atoms with E-state index in [9.17, 15) is 4.79 Å². The van der Waals surface area contributed by atoms with Crippen LogP contribution in [0.15, 0.2) is 30.5 Å². The third kappa shape index (κ3) is 1.59. The fourth-order valence-electron chi connectivity index (χ4n) is 1.68. The molecule has 0 spiro atoms. The summed E-state index contributed by atoms with van der Waals surface area (Å²) in [6.45, 7) is 0.355. The molecule has 0 saturated carbocycles. The zero-order valence-electron chi connectivity index (χ0n) is 8.30. The molecule has 4 nitrogen and oxygen atoms in total. The van der Waals surface area contributed by atoms with Gasteiger partial charge in [-0.3, -0.25) is 0 Å². The van der Waals surface area contributed by atoms with Crippen LogP contribution >= 0.6 is 0 Å². The van der Waals surface area contributed by atoms with Gasteiger partial charge in [-0.1, -0.05) is 12.1 Å². The second kappa shape index (κ2) is 3.74. The highest BCUT2D eigenvalue weighted by atomic mass is 16.5. The maximum absolute atomic E-state index is 11.0. The molecule has 15 heavy (non-hydrogen) atoms. The monoisotopic (exact) mass is 205 g/mol. The molecule has 1 N–H and O–H groups in total. The van der Waals surface area contributed by atoms with E-state index in [4.69, 9.17) is 9.84 Å². The third-order valence-electron chi connectivity index (χ3n) is 2.29. The lowest BCUT2D eigenvalue weighted by atomic mass is 10.1. The lowest BCUT2D eigenvalue weighted by Gasteiger charge is -2.05. The third-order valence-corrected chi connectivity index (χ3v) is 2.29. The minimum atomic E-state index is -0.920. The lowest BCUT2D eigenvalue weighted by Crippen LogP contribution is -2.03. The van der Waals surface area contributed by atoms with Crippen LogP contribution in [0.25, 0.3) is 10.9 Å². The normalized spacial score (nSPS) is 10.7. The van der Waals surface area contributed by atoms with Gasteiger partial charge in [0.15, 0.2) is 0 Å². The van der Waals surface area contributed by atoms with Crippen molar-refractivity contribution in [2.75, 3.05) is 7.11 Å². The first-order valence-electron chi connectivity index (χ1n) is 4.54. The number of aromatic carboxylic acids is 1. The number of para-hydroxylation sites is 1. The molecule has 2 rings (SSSR count). The number of hydrogen-bond donors (Lipinski definition) is 1. The van der Waals surface area contributed by atoms with Gasteiger partial charge in [-0.05, 0) is 12.1 Å². The Morgan fingerprint density at radius 3 is 2.93 bits per heavy atom. The minimum Gasteiger partial charge on any atom is -0.478 e. The molecular weight excluding hydrogens is 194 g/mol. The second-order valence-electron chi connectivity index (χ2n) is 3.25. The van der Waals surface area contributed by atoms with Gasteiger partial charge in [-0.25, -0.2) is 4.79 Å². The zero-order chi connectivity index (χ0) is 10.8. The van der Waals surface area contributed by atoms with E-state index in [1.165, 1.54) is 0 Å². The molecule has 0 fully saturated rings. The minimum absolute atomic E-state index is 0.301. The molecule has 0 bridgehead atoms. The van der Waals surface area contributed by atoms with E-state index in [0.717, 1.165) is 5.39 Å². The van der Waals surface area contributed by atoms with Crippen molar-refractivity contribution in [2.24, 2.45) is 0 Å². The molecule has 1 aromatic heterocycles. The summed E-state index contributed by atoms with van der Waals surface area (Å²) in [5.74, 6) is -0.920. The summed E-state index contributed by atoms with van der Waals surface area (Å²) in [5, 5.41) is 9.95. The van der Waals surface area contributed by atoms with Gasteiger partial charge in [0, 0.05) is 18.7 Å². The molecule has 0 amide bonds. The Morgan fingerprint density at radius 2 is 2.27 bits per heavy atom. The molecule has 0 unspecified atom stereocenters. The summed E-state index contributed by atoms with van der Waals surface area (Å²) < 4.78 is 6.78. The highest BCUT2D eigenvalue weighted by Crippen LogP contribution is 2.20. The number of rotatable bonds is 3. The van der Waals surface area contributed by atoms with E-state index in [-0.39, 0.29) is 0 Å². The first-order valence-corrected chi connectivity index (χ1v) is 4.54. The van der Waals surface area contributed by atoms with E-state index in [2.05, 4.69) is 0 Å². The molecule has 0 saturated heterocycles. The number of fused-ring (bicyclic) bond motifs is 1. The first-order chi connectivity index (χ1) is 7.24. The smallest absolute Gasteiger partial charge is 0.337 e. The average molecular weight is 205 g/mol. The van der Waals surface area contributed by atoms with Gasteiger partial charge in [-0.15, -0.1) is 0 Å². The van der Waals surface area contributed by atoms with E-state index in [0.29, 0.717) is 17.8 Å². The average Bonchev–Trinajstić information content (AvgIpc) is 2.62. The number of aromatic nitrogens is 1. The molecule has 2 aromatic rings. The Hall–Kier alpha value is -1.81. The first kappa shape index (κ1) is 9.73. The molecule has 4 heteroatoms. The van der Waals surface area contributed by atoms with Gasteiger partial charge in [-0.2, -0.15) is 0 Å². The van der Waals surface area contributed by atoms with Crippen molar-refractivity contribution >= 4 is 16.9 Å². The van der Waals surface area contributed by atoms with E-state index < -0.39 is 5.97 Å². The van der Waals surface area contributed by atoms with Gasteiger partial charge in [0.05, 0.1) is 11.1 Å². The fraction of sp³-hybridized carbons (Fsp3) is 0.182. The Bertz CT molecular complexity index is 502. The molecule has 0 atom stereocenters. The summed E-state index contributed by atoms with van der Waals surface area (Å²) in [7, 11) is 1.58. The highest BCUT2D eigenvalue weighted by Gasteiger charge is 2.11. The number of benzene rings is 1. The summed E-state index contributed by atoms with van der Waals surface area (Å²) in [6.07, 6.45) is 1.82. The van der Waals surface area contributed by atoms with E-state index >= 15 is 0 Å². The molecule has 0 radical (unpaired) electrons. The largest absolute Gasteiger partial charge is 0.478 e. The van der Waals surface area contributed by atoms with Crippen LogP contribution in [-0.4, -0.2) is 22.8 Å². The number of carbonyl (C=O) groups is 1. The number of methoxy groups -OCH3 is 1. The van der Waals surface area contributed by atoms with Gasteiger partial charge in [0.1, 0.15) is 6.73 Å². The van der Waals surface area contributed by atoms with Crippen molar-refractivity contribution in [1.29, 1.82) is 0 Å². The maximum atomic E-state index is 11.0. The van der Waals surface area contributed by atoms with Crippen LogP contribution < -0.4 is 0 Å². The SMILES string of the molecule is COCn1ccc2cccc(C(=O)O)c21. The predicted octanol–water partition coefficient (Wildman–Crippen LogP) is 1.94. The van der Waals surface area contributed by atoms with Crippen molar-refractivity contribution in [3.63, 3.8) is 0 Å². The van der Waals surface area contributed by atoms with E-state index in [1.54, 1.807) is 23.8 Å². The standard InChI is InChI=1S/C11H11NO3/c1-15-7-12-6-5-8-3-2-4-9(10(8)12)11(13)14/h2-6H,7H2,1H3,(H,13,14). The summed E-state index contributed by atoms with van der Waals surface area (Å²) in [6, 6.07) is 7.09. The molecule has 78 valence electrons. The molecule has 0 aliphatic carbocycles. The van der Waals surface area contributed by atoms with Crippen LogP contribution in [0.5, 0.6) is 0 Å². The van der Waals surface area contributed by atoms with Gasteiger partial charge < -0.3 is 14.4 Å². The number of carboxylic acids is 1. The van der Waals surface area contributed by atoms with Gasteiger partial charge in [0.25, 0.3) is 0 Å². The van der Waals surface area contributed by atoms with Crippen molar-refractivity contribution in [2.45, 2.75) is 6.73 Å². The zero-order valence-corrected chi connectivity index (χ0v) is 8.30. The van der Waals surface area contributed by atoms with Crippen LogP contribution in [0.1, 0.15) is 10.4 Å². The Kier molecular flexibility index (Phi) is 2.43. The van der Waals surface area contributed by atoms with Crippen LogP contribution in [0.3, 0.4) is 0 Å². The van der Waals surface area contributed by atoms with Gasteiger partial charge >= 0.3 is 5.97 Å². The van der Waals surface area contributed by atoms with Gasteiger partial charge in [0.2, 0.25) is 0 Å². The van der Waals surface area contributed by atoms with Crippen LogP contribution in [0, 0.1) is 0 Å². The van der Waals surface area contributed by atoms with Crippen molar-refractivity contribution in [1.82, 2.24) is 4.57 Å². The number of nitrogens with zero attached hydrogens (tertiary/aromatic N) is 1. The Labute approximate surface area is 86.7 Å². The lowest BCUT2D eigenvalue weighted by molar-refractivity contribution is 0.0698. The van der Waals surface area contributed by atoms with Crippen molar-refractivity contribution < 1.29 is 14.6 Å². The highest BCUT2D eigenvalue weighted by molar-refractivity contribution is 6.02. The Morgan fingerprint density at radius 1 is 1.47 bits per heavy atom. The van der Waals surface area contributed by atoms with Crippen LogP contribution in [0.2, 0.25) is 0 Å². The van der Waals surface area contributed by atoms with Crippen LogP contribution in [0.4, 0.5) is 0 Å². The molecule has 1 heterocycles. The van der Waals surface area contributed by atoms with E-state index in [1.807, 2.05) is 18.3 Å². The fourth-order valence-corrected chi connectivity index (χ4v) is 1.68. The van der Waals surface area contributed by atoms with Crippen molar-refractivity contribution in [3.05, 3.63) is 36.0 Å². The number of carboxylic acid groups (broad SMARTS) is 1. The quantitative estimate of drug-likeness (QED) is 0.833.